The minimum Gasteiger partial charge on any atom is -0.469 e. The normalized spacial score (nSPS) is 12.9. The summed E-state index contributed by atoms with van der Waals surface area (Å²) in [5.41, 5.74) is -0.207. The molecule has 0 saturated carbocycles. The Labute approximate surface area is 135 Å². The number of nitrogens with one attached hydrogen (secondary N) is 2. The van der Waals surface area contributed by atoms with Crippen molar-refractivity contribution >= 4 is 5.91 Å². The smallest absolute Gasteiger partial charge is 0.264 e. The number of carbonyl (C=O) groups is 1. The van der Waals surface area contributed by atoms with E-state index in [2.05, 4.69) is 15.3 Å². The Morgan fingerprint density at radius 2 is 2.13 bits per heavy atom. The van der Waals surface area contributed by atoms with E-state index in [-0.39, 0.29) is 17.0 Å². The fourth-order valence-electron chi connectivity index (χ4n) is 2.29. The van der Waals surface area contributed by atoms with Crippen molar-refractivity contribution in [3.63, 3.8) is 0 Å². The summed E-state index contributed by atoms with van der Waals surface area (Å²) in [5, 5.41) is 2.82. The molecule has 0 aromatic carbocycles. The Balaban J connectivity index is 2.18. The Morgan fingerprint density at radius 3 is 2.65 bits per heavy atom. The zero-order valence-electron chi connectivity index (χ0n) is 14.2. The van der Waals surface area contributed by atoms with E-state index in [1.54, 1.807) is 19.3 Å². The maximum atomic E-state index is 12.4. The lowest BCUT2D eigenvalue weighted by Gasteiger charge is -2.19. The molecule has 0 fully saturated rings. The van der Waals surface area contributed by atoms with Crippen molar-refractivity contribution in [1.29, 1.82) is 0 Å². The molecule has 1 atom stereocenters. The highest BCUT2D eigenvalue weighted by molar-refractivity contribution is 5.95. The van der Waals surface area contributed by atoms with E-state index < -0.39 is 11.5 Å². The number of carbonyl (C=O) groups excluding carboxylic acids is 1. The van der Waals surface area contributed by atoms with Crippen LogP contribution in [0.4, 0.5) is 0 Å². The summed E-state index contributed by atoms with van der Waals surface area (Å²) in [7, 11) is 0. The first-order chi connectivity index (χ1) is 10.7. The van der Waals surface area contributed by atoms with Crippen molar-refractivity contribution in [3.8, 4) is 0 Å². The van der Waals surface area contributed by atoms with Gasteiger partial charge in [0.25, 0.3) is 11.5 Å². The minimum atomic E-state index is -0.421. The highest BCUT2D eigenvalue weighted by Gasteiger charge is 2.23. The molecule has 0 aliphatic carbocycles. The van der Waals surface area contributed by atoms with Gasteiger partial charge in [-0.2, -0.15) is 0 Å². The van der Waals surface area contributed by atoms with E-state index in [0.717, 1.165) is 5.76 Å². The predicted molar refractivity (Wildman–Crippen MR) is 87.6 cm³/mol. The average Bonchev–Trinajstić information content (AvgIpc) is 2.89. The van der Waals surface area contributed by atoms with E-state index in [4.69, 9.17) is 4.42 Å². The lowest BCUT2D eigenvalue weighted by atomic mass is 9.95. The quantitative estimate of drug-likeness (QED) is 0.906. The summed E-state index contributed by atoms with van der Waals surface area (Å²) >= 11 is 0. The molecule has 23 heavy (non-hydrogen) atoms. The maximum absolute atomic E-state index is 12.4. The van der Waals surface area contributed by atoms with E-state index in [0.29, 0.717) is 17.9 Å². The lowest BCUT2D eigenvalue weighted by molar-refractivity contribution is 0.0936. The van der Waals surface area contributed by atoms with Crippen LogP contribution in [-0.4, -0.2) is 21.9 Å². The van der Waals surface area contributed by atoms with E-state index >= 15 is 0 Å². The van der Waals surface area contributed by atoms with Crippen LogP contribution in [0.3, 0.4) is 0 Å². The number of hydrogen-bond acceptors (Lipinski definition) is 4. The molecule has 2 aromatic rings. The van der Waals surface area contributed by atoms with Gasteiger partial charge in [-0.15, -0.1) is 0 Å². The molecule has 2 aromatic heterocycles. The number of amides is 1. The number of aryl methyl sites for hydroxylation is 1. The number of furan rings is 1. The number of aromatic amines is 1. The molecule has 0 saturated heterocycles. The number of aromatic nitrogens is 2. The third-order valence-corrected chi connectivity index (χ3v) is 3.50. The summed E-state index contributed by atoms with van der Waals surface area (Å²) < 4.78 is 5.26. The molecule has 0 bridgehead atoms. The van der Waals surface area contributed by atoms with Gasteiger partial charge in [-0.25, -0.2) is 4.98 Å². The van der Waals surface area contributed by atoms with Gasteiger partial charge < -0.3 is 14.7 Å². The molecule has 0 aliphatic heterocycles. The second-order valence-electron chi connectivity index (χ2n) is 6.78. The second-order valence-corrected chi connectivity index (χ2v) is 6.78. The van der Waals surface area contributed by atoms with Gasteiger partial charge in [-0.05, 0) is 26.0 Å². The van der Waals surface area contributed by atoms with Crippen LogP contribution in [-0.2, 0) is 11.8 Å². The third kappa shape index (κ3) is 4.09. The van der Waals surface area contributed by atoms with Crippen LogP contribution in [0.5, 0.6) is 0 Å². The summed E-state index contributed by atoms with van der Waals surface area (Å²) in [6.07, 6.45) is 2.15. The summed E-state index contributed by atoms with van der Waals surface area (Å²) in [5.74, 6) is 0.931. The zero-order chi connectivity index (χ0) is 17.2. The molecule has 6 nitrogen and oxygen atoms in total. The standard InChI is InChI=1S/C17H23N3O3/c1-10(9-12-7-6-8-23-12)18-14(21)13-11(2)19-16(17(3,4)5)20-15(13)22/h6-8,10H,9H2,1-5H3,(H,18,21)(H,19,20,22)/t10-/m0/s1. The Kier molecular flexibility index (Phi) is 4.73. The Morgan fingerprint density at radius 1 is 1.43 bits per heavy atom. The van der Waals surface area contributed by atoms with Gasteiger partial charge in [0.15, 0.2) is 0 Å². The molecule has 0 spiro atoms. The van der Waals surface area contributed by atoms with Crippen molar-refractivity contribution in [2.45, 2.75) is 52.5 Å². The molecule has 6 heteroatoms. The molecule has 2 heterocycles. The molecule has 124 valence electrons. The van der Waals surface area contributed by atoms with Crippen LogP contribution in [0.25, 0.3) is 0 Å². The maximum Gasteiger partial charge on any atom is 0.264 e. The monoisotopic (exact) mass is 317 g/mol. The lowest BCUT2D eigenvalue weighted by Crippen LogP contribution is -2.39. The van der Waals surface area contributed by atoms with Crippen molar-refractivity contribution < 1.29 is 9.21 Å². The van der Waals surface area contributed by atoms with Crippen LogP contribution in [0.15, 0.2) is 27.6 Å². The van der Waals surface area contributed by atoms with Gasteiger partial charge in [-0.3, -0.25) is 9.59 Å². The van der Waals surface area contributed by atoms with Gasteiger partial charge in [0.2, 0.25) is 0 Å². The predicted octanol–water partition coefficient (Wildman–Crippen LogP) is 2.33. The molecular weight excluding hydrogens is 294 g/mol. The highest BCUT2D eigenvalue weighted by atomic mass is 16.3. The number of H-pyrrole nitrogens is 1. The second kappa shape index (κ2) is 6.40. The number of nitrogens with zero attached hydrogens (tertiary/aromatic N) is 1. The van der Waals surface area contributed by atoms with E-state index in [1.165, 1.54) is 0 Å². The SMILES string of the molecule is Cc1nc(C(C)(C)C)[nH]c(=O)c1C(=O)N[C@@H](C)Cc1ccco1. The molecule has 2 rings (SSSR count). The fraction of sp³-hybridized carbons (Fsp3) is 0.471. The molecule has 0 unspecified atom stereocenters. The first kappa shape index (κ1) is 17.0. The van der Waals surface area contributed by atoms with E-state index in [1.807, 2.05) is 33.8 Å². The van der Waals surface area contributed by atoms with Crippen molar-refractivity contribution in [1.82, 2.24) is 15.3 Å². The van der Waals surface area contributed by atoms with Crippen LogP contribution in [0, 0.1) is 6.92 Å². The molecular formula is C17H23N3O3. The van der Waals surface area contributed by atoms with Gasteiger partial charge in [-0.1, -0.05) is 20.8 Å². The molecule has 0 radical (unpaired) electrons. The summed E-state index contributed by atoms with van der Waals surface area (Å²) in [6, 6.07) is 3.49. The van der Waals surface area contributed by atoms with Crippen LogP contribution in [0.1, 0.15) is 55.3 Å². The van der Waals surface area contributed by atoms with Gasteiger partial charge in [0.05, 0.1) is 12.0 Å². The third-order valence-electron chi connectivity index (χ3n) is 3.50. The summed E-state index contributed by atoms with van der Waals surface area (Å²) in [6.45, 7) is 9.40. The van der Waals surface area contributed by atoms with Crippen LogP contribution in [0.2, 0.25) is 0 Å². The van der Waals surface area contributed by atoms with Crippen molar-refractivity contribution in [3.05, 3.63) is 51.6 Å². The van der Waals surface area contributed by atoms with Gasteiger partial charge >= 0.3 is 0 Å². The Bertz CT molecular complexity index is 739. The molecule has 1 amide bonds. The number of hydrogen-bond donors (Lipinski definition) is 2. The average molecular weight is 317 g/mol. The largest absolute Gasteiger partial charge is 0.469 e. The van der Waals surface area contributed by atoms with Crippen molar-refractivity contribution in [2.75, 3.05) is 0 Å². The van der Waals surface area contributed by atoms with Crippen molar-refractivity contribution in [2.24, 2.45) is 0 Å². The van der Waals surface area contributed by atoms with Gasteiger partial charge in [0, 0.05) is 17.9 Å². The topological polar surface area (TPSA) is 88.0 Å². The number of rotatable bonds is 4. The van der Waals surface area contributed by atoms with Gasteiger partial charge in [0.1, 0.15) is 17.1 Å². The summed E-state index contributed by atoms with van der Waals surface area (Å²) in [4.78, 5) is 31.7. The molecule has 2 N–H and O–H groups in total. The Hall–Kier alpha value is -2.37. The fourth-order valence-corrected chi connectivity index (χ4v) is 2.29. The zero-order valence-corrected chi connectivity index (χ0v) is 14.2. The van der Waals surface area contributed by atoms with Crippen LogP contribution >= 0.6 is 0 Å². The minimum absolute atomic E-state index is 0.0595. The first-order valence-electron chi connectivity index (χ1n) is 7.63. The highest BCUT2D eigenvalue weighted by Crippen LogP contribution is 2.17. The van der Waals surface area contributed by atoms with Crippen LogP contribution < -0.4 is 10.9 Å². The molecule has 0 aliphatic rings. The van der Waals surface area contributed by atoms with E-state index in [9.17, 15) is 9.59 Å². The first-order valence-corrected chi connectivity index (χ1v) is 7.63.